The van der Waals surface area contributed by atoms with Gasteiger partial charge in [-0.15, -0.1) is 0 Å². The Morgan fingerprint density at radius 2 is 2.04 bits per heavy atom. The van der Waals surface area contributed by atoms with Crippen molar-refractivity contribution in [2.24, 2.45) is 0 Å². The van der Waals surface area contributed by atoms with E-state index in [0.717, 1.165) is 47.1 Å². The van der Waals surface area contributed by atoms with Crippen LogP contribution < -0.4 is 10.6 Å². The van der Waals surface area contributed by atoms with Crippen molar-refractivity contribution in [1.29, 1.82) is 0 Å². The van der Waals surface area contributed by atoms with Crippen molar-refractivity contribution in [3.05, 3.63) is 47.8 Å². The van der Waals surface area contributed by atoms with E-state index in [4.69, 9.17) is 10.1 Å². The van der Waals surface area contributed by atoms with E-state index in [0.29, 0.717) is 6.04 Å². The highest BCUT2D eigenvalue weighted by atomic mass is 15.3. The summed E-state index contributed by atoms with van der Waals surface area (Å²) in [4.78, 5) is 4.77. The van der Waals surface area contributed by atoms with Gasteiger partial charge in [0.1, 0.15) is 5.82 Å². The van der Waals surface area contributed by atoms with Gasteiger partial charge < -0.3 is 10.6 Å². The highest BCUT2D eigenvalue weighted by Crippen LogP contribution is 2.29. The maximum absolute atomic E-state index is 4.77. The van der Waals surface area contributed by atoms with Gasteiger partial charge in [0.25, 0.3) is 0 Å². The molecule has 0 bridgehead atoms. The van der Waals surface area contributed by atoms with Crippen LogP contribution in [-0.2, 0) is 0 Å². The van der Waals surface area contributed by atoms with Gasteiger partial charge in [-0.25, -0.2) is 4.98 Å². The van der Waals surface area contributed by atoms with Gasteiger partial charge >= 0.3 is 0 Å². The van der Waals surface area contributed by atoms with Gasteiger partial charge in [-0.3, -0.25) is 0 Å². The highest BCUT2D eigenvalue weighted by molar-refractivity contribution is 5.80. The lowest BCUT2D eigenvalue weighted by Gasteiger charge is -2.24. The molecule has 1 aliphatic heterocycles. The Hall–Kier alpha value is -2.40. The number of hydrogen-bond acceptors (Lipinski definition) is 4. The van der Waals surface area contributed by atoms with Crippen LogP contribution in [0.4, 0.5) is 5.82 Å². The van der Waals surface area contributed by atoms with Crippen molar-refractivity contribution < 1.29 is 0 Å². The Labute approximate surface area is 148 Å². The summed E-state index contributed by atoms with van der Waals surface area (Å²) < 4.78 is 1.95. The molecule has 1 aromatic carbocycles. The SMILES string of the molecule is Cc1cc(NCC2CCCCN2)n2nc(C)c(-c3ccccc3)c2n1. The number of fused-ring (bicyclic) bond motifs is 1. The van der Waals surface area contributed by atoms with Crippen LogP contribution in [0, 0.1) is 13.8 Å². The monoisotopic (exact) mass is 335 g/mol. The molecule has 1 fully saturated rings. The smallest absolute Gasteiger partial charge is 0.165 e. The summed E-state index contributed by atoms with van der Waals surface area (Å²) in [5.41, 5.74) is 5.20. The summed E-state index contributed by atoms with van der Waals surface area (Å²) in [5.74, 6) is 1.01. The van der Waals surface area contributed by atoms with Crippen molar-refractivity contribution in [1.82, 2.24) is 19.9 Å². The molecule has 1 atom stereocenters. The number of nitrogens with one attached hydrogen (secondary N) is 2. The molecule has 0 saturated carbocycles. The fourth-order valence-corrected chi connectivity index (χ4v) is 3.64. The van der Waals surface area contributed by atoms with Gasteiger partial charge in [-0.1, -0.05) is 36.8 Å². The molecule has 0 radical (unpaired) electrons. The topological polar surface area (TPSA) is 54.2 Å². The molecule has 1 saturated heterocycles. The van der Waals surface area contributed by atoms with E-state index in [2.05, 4.69) is 47.9 Å². The molecule has 0 aliphatic carbocycles. The molecule has 3 heterocycles. The summed E-state index contributed by atoms with van der Waals surface area (Å²) in [6, 6.07) is 13.0. The summed E-state index contributed by atoms with van der Waals surface area (Å²) in [7, 11) is 0. The second-order valence-electron chi connectivity index (χ2n) is 6.87. The first kappa shape index (κ1) is 16.1. The number of benzene rings is 1. The molecule has 130 valence electrons. The summed E-state index contributed by atoms with van der Waals surface area (Å²) in [6.45, 7) is 6.13. The number of anilines is 1. The fourth-order valence-electron chi connectivity index (χ4n) is 3.64. The van der Waals surface area contributed by atoms with Crippen LogP contribution in [0.5, 0.6) is 0 Å². The molecular weight excluding hydrogens is 310 g/mol. The van der Waals surface area contributed by atoms with E-state index >= 15 is 0 Å². The second kappa shape index (κ2) is 6.84. The maximum atomic E-state index is 4.77. The van der Waals surface area contributed by atoms with E-state index in [1.807, 2.05) is 17.5 Å². The van der Waals surface area contributed by atoms with Crippen molar-refractivity contribution in [3.8, 4) is 11.1 Å². The van der Waals surface area contributed by atoms with Crippen LogP contribution in [0.1, 0.15) is 30.7 Å². The molecule has 2 aromatic heterocycles. The number of nitrogens with zero attached hydrogens (tertiary/aromatic N) is 3. The molecule has 5 heteroatoms. The molecule has 3 aromatic rings. The van der Waals surface area contributed by atoms with E-state index in [1.54, 1.807) is 0 Å². The standard InChI is InChI=1S/C20H25N5/c1-14-12-18(22-13-17-10-6-7-11-21-17)25-20(23-14)19(15(2)24-25)16-8-4-3-5-9-16/h3-5,8-9,12,17,21-22H,6-7,10-11,13H2,1-2H3. The lowest BCUT2D eigenvalue weighted by atomic mass is 10.1. The van der Waals surface area contributed by atoms with Gasteiger partial charge in [0.2, 0.25) is 0 Å². The van der Waals surface area contributed by atoms with Gasteiger partial charge in [0.05, 0.1) is 5.69 Å². The van der Waals surface area contributed by atoms with Crippen LogP contribution in [0.2, 0.25) is 0 Å². The molecule has 0 spiro atoms. The zero-order valence-electron chi connectivity index (χ0n) is 14.9. The van der Waals surface area contributed by atoms with Crippen LogP contribution in [-0.4, -0.2) is 33.7 Å². The minimum Gasteiger partial charge on any atom is -0.368 e. The van der Waals surface area contributed by atoms with Gasteiger partial charge in [-0.05, 0) is 38.8 Å². The molecule has 1 aliphatic rings. The Morgan fingerprint density at radius 3 is 2.80 bits per heavy atom. The first-order valence-corrected chi connectivity index (χ1v) is 9.12. The van der Waals surface area contributed by atoms with Crippen molar-refractivity contribution >= 4 is 11.5 Å². The van der Waals surface area contributed by atoms with Crippen LogP contribution >= 0.6 is 0 Å². The number of aromatic nitrogens is 3. The lowest BCUT2D eigenvalue weighted by Crippen LogP contribution is -2.39. The van der Waals surface area contributed by atoms with Crippen LogP contribution in [0.3, 0.4) is 0 Å². The summed E-state index contributed by atoms with van der Waals surface area (Å²) in [5, 5.41) is 11.9. The largest absolute Gasteiger partial charge is 0.368 e. The van der Waals surface area contributed by atoms with E-state index < -0.39 is 0 Å². The maximum Gasteiger partial charge on any atom is 0.165 e. The minimum absolute atomic E-state index is 0.530. The Morgan fingerprint density at radius 1 is 1.20 bits per heavy atom. The average Bonchev–Trinajstić information content (AvgIpc) is 2.97. The van der Waals surface area contributed by atoms with Gasteiger partial charge in [-0.2, -0.15) is 9.61 Å². The lowest BCUT2D eigenvalue weighted by molar-refractivity contribution is 0.414. The zero-order chi connectivity index (χ0) is 17.2. The van der Waals surface area contributed by atoms with Gasteiger partial charge in [0.15, 0.2) is 5.65 Å². The third-order valence-corrected chi connectivity index (χ3v) is 4.90. The number of rotatable bonds is 4. The molecule has 25 heavy (non-hydrogen) atoms. The van der Waals surface area contributed by atoms with Crippen molar-refractivity contribution in [2.45, 2.75) is 39.2 Å². The Kier molecular flexibility index (Phi) is 4.40. The number of hydrogen-bond donors (Lipinski definition) is 2. The molecular formula is C20H25N5. The predicted octanol–water partition coefficient (Wildman–Crippen LogP) is 3.57. The molecule has 1 unspecified atom stereocenters. The first-order chi connectivity index (χ1) is 12.2. The van der Waals surface area contributed by atoms with Gasteiger partial charge in [0, 0.05) is 29.9 Å². The summed E-state index contributed by atoms with van der Waals surface area (Å²) >= 11 is 0. The average molecular weight is 335 g/mol. The van der Waals surface area contributed by atoms with E-state index in [1.165, 1.54) is 19.3 Å². The third-order valence-electron chi connectivity index (χ3n) is 4.90. The van der Waals surface area contributed by atoms with Crippen molar-refractivity contribution in [3.63, 3.8) is 0 Å². The fraction of sp³-hybridized carbons (Fsp3) is 0.400. The molecule has 2 N–H and O–H groups in total. The van der Waals surface area contributed by atoms with E-state index in [9.17, 15) is 0 Å². The first-order valence-electron chi connectivity index (χ1n) is 9.12. The normalized spacial score (nSPS) is 17.8. The Balaban J connectivity index is 1.70. The van der Waals surface area contributed by atoms with Crippen molar-refractivity contribution in [2.75, 3.05) is 18.4 Å². The van der Waals surface area contributed by atoms with E-state index in [-0.39, 0.29) is 0 Å². The quantitative estimate of drug-likeness (QED) is 0.765. The molecule has 5 nitrogen and oxygen atoms in total. The molecule has 4 rings (SSSR count). The minimum atomic E-state index is 0.530. The predicted molar refractivity (Wildman–Crippen MR) is 102 cm³/mol. The second-order valence-corrected chi connectivity index (χ2v) is 6.87. The highest BCUT2D eigenvalue weighted by Gasteiger charge is 2.17. The third kappa shape index (κ3) is 3.24. The zero-order valence-corrected chi connectivity index (χ0v) is 14.9. The number of piperidine rings is 1. The van der Waals surface area contributed by atoms with Crippen LogP contribution in [0.15, 0.2) is 36.4 Å². The number of aryl methyl sites for hydroxylation is 2. The molecule has 0 amide bonds. The summed E-state index contributed by atoms with van der Waals surface area (Å²) in [6.07, 6.45) is 3.82. The van der Waals surface area contributed by atoms with Crippen LogP contribution in [0.25, 0.3) is 16.8 Å². The Bertz CT molecular complexity index is 863.